The second kappa shape index (κ2) is 8.92. The summed E-state index contributed by atoms with van der Waals surface area (Å²) < 4.78 is 11.6. The van der Waals surface area contributed by atoms with Crippen molar-refractivity contribution in [1.82, 2.24) is 19.9 Å². The van der Waals surface area contributed by atoms with Crippen molar-refractivity contribution in [3.05, 3.63) is 96.9 Å². The molecule has 4 aromatic heterocycles. The normalized spacial score (nSPS) is 10.7. The van der Waals surface area contributed by atoms with Crippen LogP contribution in [0.15, 0.2) is 90.1 Å². The number of aromatic nitrogens is 4. The van der Waals surface area contributed by atoms with Gasteiger partial charge in [-0.25, -0.2) is 15.0 Å². The van der Waals surface area contributed by atoms with Crippen molar-refractivity contribution in [3.8, 4) is 34.2 Å². The van der Waals surface area contributed by atoms with Gasteiger partial charge in [-0.2, -0.15) is 0 Å². The molecule has 0 spiro atoms. The summed E-state index contributed by atoms with van der Waals surface area (Å²) in [6.07, 6.45) is 6.55. The first-order valence-corrected chi connectivity index (χ1v) is 10.5. The Morgan fingerprint density at radius 2 is 1.85 bits per heavy atom. The molecule has 0 amide bonds. The number of pyridine rings is 3. The third-order valence-corrected chi connectivity index (χ3v) is 5.15. The first kappa shape index (κ1) is 20.4. The summed E-state index contributed by atoms with van der Waals surface area (Å²) in [7, 11) is 0. The van der Waals surface area contributed by atoms with E-state index in [1.807, 2.05) is 74.5 Å². The van der Waals surface area contributed by atoms with Crippen LogP contribution in [0.3, 0.4) is 0 Å². The fourth-order valence-electron chi connectivity index (χ4n) is 3.37. The average Bonchev–Trinajstić information content (AvgIpc) is 3.38. The molecule has 0 unspecified atom stereocenters. The number of anilines is 2. The largest absolute Gasteiger partial charge is 0.455 e. The number of ether oxygens (including phenoxy) is 1. The first-order valence-electron chi connectivity index (χ1n) is 10.5. The monoisotopic (exact) mass is 435 g/mol. The maximum absolute atomic E-state index is 6.25. The number of aryl methyl sites for hydroxylation is 2. The molecule has 0 radical (unpaired) electrons. The van der Waals surface area contributed by atoms with Crippen molar-refractivity contribution >= 4 is 11.5 Å². The van der Waals surface area contributed by atoms with E-state index in [0.29, 0.717) is 28.8 Å². The van der Waals surface area contributed by atoms with Gasteiger partial charge in [0.15, 0.2) is 17.9 Å². The molecule has 4 heterocycles. The fraction of sp³-hybridized carbons (Fsp3) is 0.0769. The molecule has 0 aliphatic heterocycles. The van der Waals surface area contributed by atoms with Gasteiger partial charge in [0.05, 0.1) is 11.9 Å². The van der Waals surface area contributed by atoms with Crippen LogP contribution in [-0.2, 0) is 0 Å². The van der Waals surface area contributed by atoms with Gasteiger partial charge in [-0.05, 0) is 55.8 Å². The van der Waals surface area contributed by atoms with Gasteiger partial charge in [-0.1, -0.05) is 18.2 Å². The van der Waals surface area contributed by atoms with E-state index in [1.54, 1.807) is 18.6 Å². The maximum atomic E-state index is 6.25. The summed E-state index contributed by atoms with van der Waals surface area (Å²) >= 11 is 0. The topological polar surface area (TPSA) is 86.0 Å². The van der Waals surface area contributed by atoms with E-state index in [9.17, 15) is 0 Å². The van der Waals surface area contributed by atoms with Crippen LogP contribution >= 0.6 is 0 Å². The van der Waals surface area contributed by atoms with Crippen molar-refractivity contribution < 1.29 is 9.15 Å². The van der Waals surface area contributed by atoms with E-state index in [2.05, 4.69) is 20.3 Å². The van der Waals surface area contributed by atoms with E-state index in [1.165, 1.54) is 6.39 Å². The number of hydrogen-bond acceptors (Lipinski definition) is 7. The molecule has 0 atom stereocenters. The second-order valence-electron chi connectivity index (χ2n) is 7.50. The van der Waals surface area contributed by atoms with Crippen LogP contribution in [0.25, 0.3) is 22.7 Å². The van der Waals surface area contributed by atoms with Crippen LogP contribution in [0, 0.1) is 13.8 Å². The Labute approximate surface area is 191 Å². The van der Waals surface area contributed by atoms with Gasteiger partial charge < -0.3 is 14.5 Å². The standard InChI is InChI=1S/C26H21N5O2/c1-17-12-23(26(30-18(17)2)22-8-3-4-10-28-22)33-21-9-11-29-25(14-21)31-20-7-5-6-19(13-20)24-15-27-16-32-24/h3-16H,1-2H3,(H,29,31). The SMILES string of the molecule is Cc1cc(Oc2ccnc(Nc3cccc(-c4cnco4)c3)c2)c(-c2ccccn2)nc1C. The smallest absolute Gasteiger partial charge is 0.181 e. The first-order chi connectivity index (χ1) is 16.2. The molecule has 0 saturated carbocycles. The Kier molecular flexibility index (Phi) is 5.51. The molecule has 0 saturated heterocycles. The zero-order valence-corrected chi connectivity index (χ0v) is 18.2. The van der Waals surface area contributed by atoms with Gasteiger partial charge in [0, 0.05) is 35.4 Å². The lowest BCUT2D eigenvalue weighted by atomic mass is 10.1. The molecule has 0 aliphatic carbocycles. The summed E-state index contributed by atoms with van der Waals surface area (Å²) in [6.45, 7) is 3.99. The molecule has 1 aromatic carbocycles. The Bertz CT molecular complexity index is 1390. The van der Waals surface area contributed by atoms with E-state index >= 15 is 0 Å². The molecule has 0 fully saturated rings. The minimum Gasteiger partial charge on any atom is -0.455 e. The zero-order valence-electron chi connectivity index (χ0n) is 18.2. The lowest BCUT2D eigenvalue weighted by Crippen LogP contribution is -1.98. The van der Waals surface area contributed by atoms with Crippen molar-refractivity contribution in [1.29, 1.82) is 0 Å². The highest BCUT2D eigenvalue weighted by atomic mass is 16.5. The highest BCUT2D eigenvalue weighted by molar-refractivity contribution is 5.67. The number of oxazole rings is 1. The lowest BCUT2D eigenvalue weighted by molar-refractivity contribution is 0.481. The van der Waals surface area contributed by atoms with Crippen LogP contribution in [-0.4, -0.2) is 19.9 Å². The van der Waals surface area contributed by atoms with Crippen molar-refractivity contribution in [2.75, 3.05) is 5.32 Å². The minimum atomic E-state index is 0.640. The van der Waals surface area contributed by atoms with Crippen LogP contribution < -0.4 is 10.1 Å². The summed E-state index contributed by atoms with van der Waals surface area (Å²) in [5.41, 5.74) is 5.23. The maximum Gasteiger partial charge on any atom is 0.181 e. The van der Waals surface area contributed by atoms with Crippen molar-refractivity contribution in [3.63, 3.8) is 0 Å². The van der Waals surface area contributed by atoms with Gasteiger partial charge in [-0.15, -0.1) is 0 Å². The summed E-state index contributed by atoms with van der Waals surface area (Å²) in [6, 6.07) is 19.2. The number of rotatable bonds is 6. The average molecular weight is 435 g/mol. The Morgan fingerprint density at radius 1 is 0.909 bits per heavy atom. The molecule has 162 valence electrons. The predicted molar refractivity (Wildman–Crippen MR) is 126 cm³/mol. The molecule has 0 bridgehead atoms. The van der Waals surface area contributed by atoms with Gasteiger partial charge in [0.25, 0.3) is 0 Å². The molecule has 5 aromatic rings. The summed E-state index contributed by atoms with van der Waals surface area (Å²) in [5.74, 6) is 2.63. The van der Waals surface area contributed by atoms with Crippen LogP contribution in [0.5, 0.6) is 11.5 Å². The number of nitrogens with zero attached hydrogens (tertiary/aromatic N) is 4. The van der Waals surface area contributed by atoms with E-state index in [4.69, 9.17) is 14.1 Å². The molecular weight excluding hydrogens is 414 g/mol. The Hall–Kier alpha value is -4.52. The van der Waals surface area contributed by atoms with Gasteiger partial charge in [0.1, 0.15) is 17.3 Å². The molecular formula is C26H21N5O2. The van der Waals surface area contributed by atoms with Gasteiger partial charge in [0.2, 0.25) is 0 Å². The minimum absolute atomic E-state index is 0.640. The van der Waals surface area contributed by atoms with E-state index < -0.39 is 0 Å². The van der Waals surface area contributed by atoms with Crippen LogP contribution in [0.2, 0.25) is 0 Å². The number of benzene rings is 1. The molecule has 5 rings (SSSR count). The summed E-state index contributed by atoms with van der Waals surface area (Å²) in [5, 5.41) is 3.32. The van der Waals surface area contributed by atoms with Crippen LogP contribution in [0.1, 0.15) is 11.3 Å². The zero-order chi connectivity index (χ0) is 22.6. The number of nitrogens with one attached hydrogen (secondary N) is 1. The Morgan fingerprint density at radius 3 is 2.67 bits per heavy atom. The molecule has 7 nitrogen and oxygen atoms in total. The highest BCUT2D eigenvalue weighted by Crippen LogP contribution is 2.33. The molecule has 7 heteroatoms. The second-order valence-corrected chi connectivity index (χ2v) is 7.50. The van der Waals surface area contributed by atoms with Crippen molar-refractivity contribution in [2.24, 2.45) is 0 Å². The fourth-order valence-corrected chi connectivity index (χ4v) is 3.37. The molecule has 33 heavy (non-hydrogen) atoms. The van der Waals surface area contributed by atoms with E-state index in [0.717, 1.165) is 28.2 Å². The van der Waals surface area contributed by atoms with Crippen LogP contribution in [0.4, 0.5) is 11.5 Å². The Balaban J connectivity index is 1.42. The third-order valence-electron chi connectivity index (χ3n) is 5.15. The van der Waals surface area contributed by atoms with Gasteiger partial charge >= 0.3 is 0 Å². The molecule has 1 N–H and O–H groups in total. The number of hydrogen-bond donors (Lipinski definition) is 1. The quantitative estimate of drug-likeness (QED) is 0.333. The lowest BCUT2D eigenvalue weighted by Gasteiger charge is -2.14. The summed E-state index contributed by atoms with van der Waals surface area (Å²) in [4.78, 5) is 17.6. The predicted octanol–water partition coefficient (Wildman–Crippen LogP) is 6.35. The van der Waals surface area contributed by atoms with Gasteiger partial charge in [-0.3, -0.25) is 4.98 Å². The highest BCUT2D eigenvalue weighted by Gasteiger charge is 2.13. The van der Waals surface area contributed by atoms with Crippen molar-refractivity contribution in [2.45, 2.75) is 13.8 Å². The van der Waals surface area contributed by atoms with E-state index in [-0.39, 0.29) is 0 Å². The third kappa shape index (κ3) is 4.57. The molecule has 0 aliphatic rings.